The number of nitrogens with one attached hydrogen (secondary N) is 1. The van der Waals surface area contributed by atoms with E-state index >= 15 is 0 Å². The molecule has 1 aromatic carbocycles. The summed E-state index contributed by atoms with van der Waals surface area (Å²) in [5.41, 5.74) is 1.14. The summed E-state index contributed by atoms with van der Waals surface area (Å²) in [5.74, 6) is 2.47. The van der Waals surface area contributed by atoms with Crippen molar-refractivity contribution >= 4 is 11.6 Å². The molecule has 23 heavy (non-hydrogen) atoms. The number of aryl methyl sites for hydroxylation is 1. The Morgan fingerprint density at radius 2 is 2.17 bits per heavy atom. The van der Waals surface area contributed by atoms with E-state index in [0.717, 1.165) is 36.5 Å². The van der Waals surface area contributed by atoms with Crippen molar-refractivity contribution in [2.24, 2.45) is 7.05 Å². The first-order valence-corrected chi connectivity index (χ1v) is 8.35. The summed E-state index contributed by atoms with van der Waals surface area (Å²) in [7, 11) is 2.02. The third-order valence-electron chi connectivity index (χ3n) is 4.04. The van der Waals surface area contributed by atoms with Crippen molar-refractivity contribution in [3.05, 3.63) is 40.9 Å². The second kappa shape index (κ2) is 7.23. The Kier molecular flexibility index (Phi) is 5.08. The molecule has 2 heterocycles. The Balaban J connectivity index is 1.62. The fourth-order valence-electron chi connectivity index (χ4n) is 2.83. The van der Waals surface area contributed by atoms with Crippen LogP contribution in [0.25, 0.3) is 0 Å². The van der Waals surface area contributed by atoms with Gasteiger partial charge in [-0.2, -0.15) is 0 Å². The topological polar surface area (TPSA) is 48.3 Å². The predicted octanol–water partition coefficient (Wildman–Crippen LogP) is 3.13. The van der Waals surface area contributed by atoms with Crippen molar-refractivity contribution in [3.8, 4) is 11.5 Å². The lowest BCUT2D eigenvalue weighted by Gasteiger charge is -2.21. The van der Waals surface area contributed by atoms with E-state index in [-0.39, 0.29) is 6.04 Å². The molecule has 6 heteroatoms. The molecule has 1 aliphatic rings. The molecular weight excluding hydrogens is 314 g/mol. The van der Waals surface area contributed by atoms with E-state index in [1.165, 1.54) is 0 Å². The van der Waals surface area contributed by atoms with Crippen LogP contribution in [-0.2, 0) is 13.5 Å². The summed E-state index contributed by atoms with van der Waals surface area (Å²) in [4.78, 5) is 4.43. The van der Waals surface area contributed by atoms with E-state index in [1.807, 2.05) is 31.6 Å². The molecule has 1 atom stereocenters. The molecule has 3 rings (SSSR count). The summed E-state index contributed by atoms with van der Waals surface area (Å²) < 4.78 is 13.2. The van der Waals surface area contributed by atoms with Gasteiger partial charge in [0.25, 0.3) is 0 Å². The van der Waals surface area contributed by atoms with Crippen LogP contribution < -0.4 is 14.8 Å². The third-order valence-corrected chi connectivity index (χ3v) is 4.32. The smallest absolute Gasteiger partial charge is 0.179 e. The van der Waals surface area contributed by atoms with Gasteiger partial charge in [-0.25, -0.2) is 4.98 Å². The van der Waals surface area contributed by atoms with E-state index in [0.29, 0.717) is 24.0 Å². The van der Waals surface area contributed by atoms with Gasteiger partial charge in [0.2, 0.25) is 0 Å². The summed E-state index contributed by atoms with van der Waals surface area (Å²) in [5, 5.41) is 4.18. The maximum atomic E-state index is 6.28. The zero-order valence-electron chi connectivity index (χ0n) is 13.5. The fraction of sp³-hybridized carbons (Fsp3) is 0.471. The van der Waals surface area contributed by atoms with Gasteiger partial charge in [-0.15, -0.1) is 0 Å². The number of ether oxygens (including phenoxy) is 2. The van der Waals surface area contributed by atoms with E-state index in [9.17, 15) is 0 Å². The van der Waals surface area contributed by atoms with Gasteiger partial charge < -0.3 is 19.4 Å². The summed E-state index contributed by atoms with van der Waals surface area (Å²) >= 11 is 6.28. The molecule has 0 unspecified atom stereocenters. The van der Waals surface area contributed by atoms with Crippen LogP contribution in [0, 0.1) is 0 Å². The lowest BCUT2D eigenvalue weighted by Crippen LogP contribution is -2.25. The van der Waals surface area contributed by atoms with E-state index < -0.39 is 0 Å². The number of rotatable bonds is 6. The standard InChI is InChI=1S/C17H22ClN3O2/c1-3-14(17-20-6-7-21(17)2)19-5-4-12-10-13(18)16-15(11-12)22-8-9-23-16/h6-7,10-11,14,19H,3-5,8-9H2,1-2H3/t14-/m1/s1. The van der Waals surface area contributed by atoms with Crippen LogP contribution in [0.15, 0.2) is 24.5 Å². The molecule has 1 aliphatic heterocycles. The second-order valence-corrected chi connectivity index (χ2v) is 6.07. The van der Waals surface area contributed by atoms with Crippen molar-refractivity contribution < 1.29 is 9.47 Å². The monoisotopic (exact) mass is 335 g/mol. The highest BCUT2D eigenvalue weighted by Crippen LogP contribution is 2.38. The van der Waals surface area contributed by atoms with Crippen molar-refractivity contribution in [1.29, 1.82) is 0 Å². The van der Waals surface area contributed by atoms with Crippen LogP contribution >= 0.6 is 11.6 Å². The molecule has 5 nitrogen and oxygen atoms in total. The highest BCUT2D eigenvalue weighted by atomic mass is 35.5. The normalized spacial score (nSPS) is 14.7. The van der Waals surface area contributed by atoms with Crippen molar-refractivity contribution in [1.82, 2.24) is 14.9 Å². The maximum Gasteiger partial charge on any atom is 0.179 e. The number of aromatic nitrogens is 2. The number of fused-ring (bicyclic) bond motifs is 1. The Hall–Kier alpha value is -1.72. The molecule has 0 amide bonds. The third kappa shape index (κ3) is 3.62. The summed E-state index contributed by atoms with van der Waals surface area (Å²) in [6, 6.07) is 4.23. The lowest BCUT2D eigenvalue weighted by molar-refractivity contribution is 0.171. The van der Waals surface area contributed by atoms with Crippen LogP contribution in [0.3, 0.4) is 0 Å². The molecule has 0 aliphatic carbocycles. The van der Waals surface area contributed by atoms with Crippen molar-refractivity contribution in [3.63, 3.8) is 0 Å². The largest absolute Gasteiger partial charge is 0.486 e. The molecule has 1 aromatic heterocycles. The van der Waals surface area contributed by atoms with Gasteiger partial charge >= 0.3 is 0 Å². The first kappa shape index (κ1) is 16.1. The van der Waals surface area contributed by atoms with Crippen LogP contribution in [0.1, 0.15) is 30.8 Å². The Morgan fingerprint density at radius 3 is 2.91 bits per heavy atom. The number of hydrogen-bond acceptors (Lipinski definition) is 4. The van der Waals surface area contributed by atoms with E-state index in [4.69, 9.17) is 21.1 Å². The Morgan fingerprint density at radius 1 is 1.35 bits per heavy atom. The molecule has 2 aromatic rings. The second-order valence-electron chi connectivity index (χ2n) is 5.66. The minimum atomic E-state index is 0.252. The molecule has 124 valence electrons. The molecule has 1 N–H and O–H groups in total. The quantitative estimate of drug-likeness (QED) is 0.881. The minimum absolute atomic E-state index is 0.252. The number of halogens is 1. The minimum Gasteiger partial charge on any atom is -0.486 e. The van der Waals surface area contributed by atoms with Gasteiger partial charge in [-0.1, -0.05) is 18.5 Å². The van der Waals surface area contributed by atoms with Gasteiger partial charge in [0.1, 0.15) is 19.0 Å². The molecule has 0 saturated heterocycles. The van der Waals surface area contributed by atoms with Crippen molar-refractivity contribution in [2.75, 3.05) is 19.8 Å². The Bertz CT molecular complexity index is 672. The van der Waals surface area contributed by atoms with Gasteiger partial charge in [0, 0.05) is 19.4 Å². The fourth-order valence-corrected chi connectivity index (χ4v) is 3.12. The number of imidazole rings is 1. The van der Waals surface area contributed by atoms with E-state index in [2.05, 4.69) is 21.8 Å². The molecule has 0 bridgehead atoms. The number of nitrogens with zero attached hydrogens (tertiary/aromatic N) is 2. The van der Waals surface area contributed by atoms with Crippen LogP contribution in [-0.4, -0.2) is 29.3 Å². The summed E-state index contributed by atoms with van der Waals surface area (Å²) in [6.07, 6.45) is 5.67. The number of hydrogen-bond donors (Lipinski definition) is 1. The van der Waals surface area contributed by atoms with Gasteiger partial charge in [0.05, 0.1) is 11.1 Å². The molecule has 0 radical (unpaired) electrons. The zero-order chi connectivity index (χ0) is 16.2. The average molecular weight is 336 g/mol. The summed E-state index contributed by atoms with van der Waals surface area (Å²) in [6.45, 7) is 4.13. The molecule has 0 spiro atoms. The van der Waals surface area contributed by atoms with Crippen LogP contribution in [0.2, 0.25) is 5.02 Å². The molecule has 0 fully saturated rings. The zero-order valence-corrected chi connectivity index (χ0v) is 14.3. The van der Waals surface area contributed by atoms with Gasteiger partial charge in [-0.3, -0.25) is 0 Å². The van der Waals surface area contributed by atoms with Crippen molar-refractivity contribution in [2.45, 2.75) is 25.8 Å². The first-order valence-electron chi connectivity index (χ1n) is 7.97. The van der Waals surface area contributed by atoms with Crippen LogP contribution in [0.5, 0.6) is 11.5 Å². The number of benzene rings is 1. The SMILES string of the molecule is CC[C@@H](NCCc1cc(Cl)c2c(c1)OCCO2)c1nccn1C. The maximum absolute atomic E-state index is 6.28. The van der Waals surface area contributed by atoms with Gasteiger partial charge in [0.15, 0.2) is 11.5 Å². The predicted molar refractivity (Wildman–Crippen MR) is 90.4 cm³/mol. The average Bonchev–Trinajstić information content (AvgIpc) is 2.98. The lowest BCUT2D eigenvalue weighted by atomic mass is 10.1. The van der Waals surface area contributed by atoms with E-state index in [1.54, 1.807) is 0 Å². The molecular formula is C17H22ClN3O2. The highest BCUT2D eigenvalue weighted by Gasteiger charge is 2.17. The van der Waals surface area contributed by atoms with Crippen LogP contribution in [0.4, 0.5) is 0 Å². The first-order chi connectivity index (χ1) is 11.2. The Labute approximate surface area is 141 Å². The van der Waals surface area contributed by atoms with Gasteiger partial charge in [-0.05, 0) is 37.1 Å². The molecule has 0 saturated carbocycles. The highest BCUT2D eigenvalue weighted by molar-refractivity contribution is 6.32.